The first-order valence-corrected chi connectivity index (χ1v) is 8.85. The molecular formula is C17H16ClN5OS. The third kappa shape index (κ3) is 4.37. The van der Waals surface area contributed by atoms with Crippen molar-refractivity contribution in [2.75, 3.05) is 24.2 Å². The second kappa shape index (κ2) is 7.66. The molecule has 0 fully saturated rings. The molecule has 128 valence electrons. The quantitative estimate of drug-likeness (QED) is 0.635. The molecule has 0 aliphatic carbocycles. The Labute approximate surface area is 154 Å². The largest absolute Gasteiger partial charge is 0.337 e. The third-order valence-corrected chi connectivity index (χ3v) is 4.96. The van der Waals surface area contributed by atoms with Gasteiger partial charge in [0.05, 0.1) is 5.69 Å². The van der Waals surface area contributed by atoms with Crippen LogP contribution in [0.4, 0.5) is 10.8 Å². The molecule has 0 radical (unpaired) electrons. The van der Waals surface area contributed by atoms with Crippen molar-refractivity contribution in [1.82, 2.24) is 9.88 Å². The summed E-state index contributed by atoms with van der Waals surface area (Å²) < 4.78 is 0. The molecule has 1 aliphatic rings. The van der Waals surface area contributed by atoms with Gasteiger partial charge < -0.3 is 15.5 Å². The maximum absolute atomic E-state index is 12.2. The molecule has 2 aromatic rings. The van der Waals surface area contributed by atoms with Gasteiger partial charge in [0.2, 0.25) is 0 Å². The van der Waals surface area contributed by atoms with E-state index in [0.717, 1.165) is 25.2 Å². The summed E-state index contributed by atoms with van der Waals surface area (Å²) >= 11 is 7.43. The molecule has 2 N–H and O–H groups in total. The first kappa shape index (κ1) is 17.4. The number of nitrogens with one attached hydrogen (secondary N) is 2. The Morgan fingerprint density at radius 1 is 1.52 bits per heavy atom. The monoisotopic (exact) mass is 373 g/mol. The molecule has 8 heteroatoms. The van der Waals surface area contributed by atoms with Crippen LogP contribution in [0.3, 0.4) is 0 Å². The predicted octanol–water partition coefficient (Wildman–Crippen LogP) is 3.24. The zero-order chi connectivity index (χ0) is 17.8. The van der Waals surface area contributed by atoms with Crippen LogP contribution in [0.5, 0.6) is 0 Å². The highest BCUT2D eigenvalue weighted by molar-refractivity contribution is 7.15. The summed E-state index contributed by atoms with van der Waals surface area (Å²) in [6, 6.07) is 8.66. The van der Waals surface area contributed by atoms with Gasteiger partial charge in [0, 0.05) is 41.3 Å². The minimum Gasteiger partial charge on any atom is -0.337 e. The van der Waals surface area contributed by atoms with Gasteiger partial charge in [-0.15, -0.1) is 11.3 Å². The highest BCUT2D eigenvalue weighted by Gasteiger charge is 2.18. The number of thiazole rings is 1. The molecule has 1 aliphatic heterocycles. The average molecular weight is 374 g/mol. The van der Waals surface area contributed by atoms with E-state index in [1.54, 1.807) is 35.6 Å². The lowest BCUT2D eigenvalue weighted by Crippen LogP contribution is -2.25. The van der Waals surface area contributed by atoms with Crippen LogP contribution < -0.4 is 10.6 Å². The van der Waals surface area contributed by atoms with Gasteiger partial charge in [-0.3, -0.25) is 4.79 Å². The van der Waals surface area contributed by atoms with Crippen molar-refractivity contribution < 1.29 is 4.79 Å². The molecule has 25 heavy (non-hydrogen) atoms. The molecule has 0 atom stereocenters. The number of nitrogens with zero attached hydrogens (tertiary/aromatic N) is 3. The van der Waals surface area contributed by atoms with Crippen LogP contribution in [-0.2, 0) is 17.8 Å². The van der Waals surface area contributed by atoms with Crippen LogP contribution >= 0.6 is 22.9 Å². The Kier molecular flexibility index (Phi) is 5.34. The van der Waals surface area contributed by atoms with E-state index in [1.165, 1.54) is 11.1 Å². The van der Waals surface area contributed by atoms with E-state index in [0.29, 0.717) is 15.8 Å². The number of halogens is 1. The number of hydrogen-bond donors (Lipinski definition) is 2. The van der Waals surface area contributed by atoms with Crippen LogP contribution in [-0.4, -0.2) is 29.4 Å². The van der Waals surface area contributed by atoms with Crippen LogP contribution in [0.25, 0.3) is 0 Å². The molecule has 3 rings (SSSR count). The minimum atomic E-state index is -0.502. The summed E-state index contributed by atoms with van der Waals surface area (Å²) in [7, 11) is 2.07. The highest BCUT2D eigenvalue weighted by Crippen LogP contribution is 2.27. The summed E-state index contributed by atoms with van der Waals surface area (Å²) in [4.78, 5) is 20.2. The molecule has 1 aromatic carbocycles. The second-order valence-electron chi connectivity index (χ2n) is 5.66. The maximum Gasteiger partial charge on any atom is 0.267 e. The zero-order valence-electron chi connectivity index (χ0n) is 13.5. The molecule has 0 saturated heterocycles. The second-order valence-corrected chi connectivity index (χ2v) is 7.18. The summed E-state index contributed by atoms with van der Waals surface area (Å²) in [6.45, 7) is 1.86. The molecule has 6 nitrogen and oxygen atoms in total. The van der Waals surface area contributed by atoms with Crippen molar-refractivity contribution >= 4 is 39.7 Å². The average Bonchev–Trinajstić information content (AvgIpc) is 2.97. The first-order valence-electron chi connectivity index (χ1n) is 7.66. The lowest BCUT2D eigenvalue weighted by molar-refractivity contribution is -0.112. The van der Waals surface area contributed by atoms with Gasteiger partial charge in [0.15, 0.2) is 5.13 Å². The molecule has 2 heterocycles. The standard InChI is InChI=1S/C17H16ClN5OS/c1-23-6-5-14-15(10-23)25-17(22-14)20-9-11(8-19)16(24)21-13-4-2-3-12(18)7-13/h2-4,7,9H,5-6,10H2,1H3,(H,20,22)(H,21,24)/b11-9-. The number of nitriles is 1. The Morgan fingerprint density at radius 3 is 3.12 bits per heavy atom. The molecule has 1 amide bonds. The van der Waals surface area contributed by atoms with Gasteiger partial charge in [-0.1, -0.05) is 17.7 Å². The number of rotatable bonds is 4. The highest BCUT2D eigenvalue weighted by atomic mass is 35.5. The molecular weight excluding hydrogens is 358 g/mol. The fourth-order valence-corrected chi connectivity index (χ4v) is 3.68. The van der Waals surface area contributed by atoms with Crippen LogP contribution in [0.2, 0.25) is 5.02 Å². The van der Waals surface area contributed by atoms with E-state index in [4.69, 9.17) is 11.6 Å². The van der Waals surface area contributed by atoms with Gasteiger partial charge in [-0.2, -0.15) is 5.26 Å². The summed E-state index contributed by atoms with van der Waals surface area (Å²) in [6.07, 6.45) is 2.29. The summed E-state index contributed by atoms with van der Waals surface area (Å²) in [5, 5.41) is 16.0. The SMILES string of the molecule is CN1CCc2nc(N/C=C(/C#N)C(=O)Nc3cccc(Cl)c3)sc2C1. The summed E-state index contributed by atoms with van der Waals surface area (Å²) in [5.74, 6) is -0.502. The zero-order valence-corrected chi connectivity index (χ0v) is 15.1. The van der Waals surface area contributed by atoms with Crippen molar-refractivity contribution in [3.05, 3.63) is 51.6 Å². The van der Waals surface area contributed by atoms with Gasteiger partial charge in [0.1, 0.15) is 11.6 Å². The van der Waals surface area contributed by atoms with E-state index in [-0.39, 0.29) is 5.57 Å². The molecule has 1 aromatic heterocycles. The van der Waals surface area contributed by atoms with E-state index >= 15 is 0 Å². The Hall–Kier alpha value is -2.40. The Balaban J connectivity index is 1.68. The van der Waals surface area contributed by atoms with E-state index < -0.39 is 5.91 Å². The number of aromatic nitrogens is 1. The van der Waals surface area contributed by atoms with Gasteiger partial charge in [0.25, 0.3) is 5.91 Å². The van der Waals surface area contributed by atoms with Crippen LogP contribution in [0, 0.1) is 11.3 Å². The van der Waals surface area contributed by atoms with E-state index in [1.807, 2.05) is 6.07 Å². The van der Waals surface area contributed by atoms with Crippen molar-refractivity contribution in [1.29, 1.82) is 5.26 Å². The number of hydrogen-bond acceptors (Lipinski definition) is 6. The number of likely N-dealkylation sites (N-methyl/N-ethyl adjacent to an activating group) is 1. The predicted molar refractivity (Wildman–Crippen MR) is 99.6 cm³/mol. The van der Waals surface area contributed by atoms with E-state index in [2.05, 4.69) is 27.6 Å². The Bertz CT molecular complexity index is 870. The molecule has 0 spiro atoms. The number of carbonyl (C=O) groups excluding carboxylic acids is 1. The molecule has 0 bridgehead atoms. The third-order valence-electron chi connectivity index (χ3n) is 3.71. The van der Waals surface area contributed by atoms with Crippen molar-refractivity contribution in [2.24, 2.45) is 0 Å². The number of amides is 1. The lowest BCUT2D eigenvalue weighted by atomic mass is 10.2. The topological polar surface area (TPSA) is 81.1 Å². The molecule has 0 unspecified atom stereocenters. The number of carbonyl (C=O) groups is 1. The Morgan fingerprint density at radius 2 is 2.36 bits per heavy atom. The number of anilines is 2. The first-order chi connectivity index (χ1) is 12.0. The lowest BCUT2D eigenvalue weighted by Gasteiger charge is -2.20. The number of benzene rings is 1. The van der Waals surface area contributed by atoms with Gasteiger partial charge in [-0.25, -0.2) is 4.98 Å². The van der Waals surface area contributed by atoms with E-state index in [9.17, 15) is 10.1 Å². The number of fused-ring (bicyclic) bond motifs is 1. The minimum absolute atomic E-state index is 0.0368. The molecule has 0 saturated carbocycles. The van der Waals surface area contributed by atoms with Crippen molar-refractivity contribution in [3.8, 4) is 6.07 Å². The fraction of sp³-hybridized carbons (Fsp3) is 0.235. The fourth-order valence-electron chi connectivity index (χ4n) is 2.43. The van der Waals surface area contributed by atoms with Gasteiger partial charge in [-0.05, 0) is 25.2 Å². The van der Waals surface area contributed by atoms with Gasteiger partial charge >= 0.3 is 0 Å². The normalized spacial score (nSPS) is 14.5. The summed E-state index contributed by atoms with van der Waals surface area (Å²) in [5.41, 5.74) is 1.58. The maximum atomic E-state index is 12.2. The smallest absolute Gasteiger partial charge is 0.267 e. The van der Waals surface area contributed by atoms with Crippen molar-refractivity contribution in [2.45, 2.75) is 13.0 Å². The van der Waals surface area contributed by atoms with Crippen LogP contribution in [0.15, 0.2) is 36.0 Å². The van der Waals surface area contributed by atoms with Crippen LogP contribution in [0.1, 0.15) is 10.6 Å². The van der Waals surface area contributed by atoms with Crippen molar-refractivity contribution in [3.63, 3.8) is 0 Å².